The highest BCUT2D eigenvalue weighted by atomic mass is 16.3. The Morgan fingerprint density at radius 3 is 2.69 bits per heavy atom. The Morgan fingerprint density at radius 1 is 1.38 bits per heavy atom. The molecule has 5 heteroatoms. The molecule has 0 bridgehead atoms. The van der Waals surface area contributed by atoms with Gasteiger partial charge in [-0.25, -0.2) is 0 Å². The number of carbonyl (C=O) groups excluding carboxylic acids is 1. The van der Waals surface area contributed by atoms with Crippen LogP contribution in [0.5, 0.6) is 0 Å². The highest BCUT2D eigenvalue weighted by Gasteiger charge is 2.03. The van der Waals surface area contributed by atoms with E-state index in [1.54, 1.807) is 0 Å². The Morgan fingerprint density at radius 2 is 2.06 bits per heavy atom. The van der Waals surface area contributed by atoms with Crippen molar-refractivity contribution in [3.05, 3.63) is 0 Å². The van der Waals surface area contributed by atoms with Gasteiger partial charge in [-0.15, -0.1) is 0 Å². The van der Waals surface area contributed by atoms with Crippen LogP contribution in [0.1, 0.15) is 32.6 Å². The minimum Gasteiger partial charge on any atom is -0.381 e. The van der Waals surface area contributed by atoms with Crippen LogP contribution in [0.4, 0.5) is 0 Å². The van der Waals surface area contributed by atoms with Gasteiger partial charge in [0, 0.05) is 18.6 Å². The second-order valence-corrected chi connectivity index (χ2v) is 4.13. The van der Waals surface area contributed by atoms with E-state index in [-0.39, 0.29) is 12.8 Å². The Hall–Kier alpha value is -0.490. The summed E-state index contributed by atoms with van der Waals surface area (Å²) in [5.41, 5.74) is 5.82. The summed E-state index contributed by atoms with van der Waals surface area (Å²) < 4.78 is 0. The van der Waals surface area contributed by atoms with Gasteiger partial charge in [0.15, 0.2) is 0 Å². The van der Waals surface area contributed by atoms with Crippen LogP contribution in [-0.4, -0.2) is 43.3 Å². The molecule has 0 aromatic heterocycles. The molecule has 0 aromatic carbocycles. The molecule has 0 heterocycles. The summed E-state index contributed by atoms with van der Waals surface area (Å²) in [6.07, 6.45) is 5.11. The topological polar surface area (TPSA) is 87.4 Å². The highest BCUT2D eigenvalue weighted by molar-refractivity contribution is 5.51. The maximum atomic E-state index is 10.1. The molecule has 96 valence electrons. The molecule has 0 rings (SSSR count). The zero-order chi connectivity index (χ0) is 12.2. The molecular formula is C11H25N3O2. The largest absolute Gasteiger partial charge is 0.381 e. The molecule has 16 heavy (non-hydrogen) atoms. The fourth-order valence-corrected chi connectivity index (χ4v) is 1.56. The fourth-order valence-electron chi connectivity index (χ4n) is 1.56. The van der Waals surface area contributed by atoms with Gasteiger partial charge in [0.1, 0.15) is 6.29 Å². The molecule has 0 saturated carbocycles. The molecule has 0 radical (unpaired) electrons. The third-order valence-electron chi connectivity index (χ3n) is 2.53. The predicted molar refractivity (Wildman–Crippen MR) is 65.1 cm³/mol. The molecule has 0 aromatic rings. The summed E-state index contributed by atoms with van der Waals surface area (Å²) in [6.45, 7) is 3.16. The normalized spacial score (nSPS) is 14.7. The molecule has 0 aliphatic carbocycles. The van der Waals surface area contributed by atoms with E-state index in [1.807, 2.05) is 0 Å². The van der Waals surface area contributed by atoms with Crippen LogP contribution in [0.25, 0.3) is 0 Å². The number of hydrogen-bond acceptors (Lipinski definition) is 5. The van der Waals surface area contributed by atoms with Crippen molar-refractivity contribution in [3.8, 4) is 0 Å². The van der Waals surface area contributed by atoms with Crippen molar-refractivity contribution >= 4 is 6.29 Å². The van der Waals surface area contributed by atoms with Gasteiger partial charge in [0.2, 0.25) is 0 Å². The summed E-state index contributed by atoms with van der Waals surface area (Å²) in [5.74, 6) is 0. The first-order valence-electron chi connectivity index (χ1n) is 5.94. The van der Waals surface area contributed by atoms with E-state index in [1.165, 1.54) is 0 Å². The number of unbranched alkanes of at least 4 members (excludes halogenated alkanes) is 1. The van der Waals surface area contributed by atoms with Crippen molar-refractivity contribution in [2.24, 2.45) is 5.73 Å². The minimum absolute atomic E-state index is 0.0135. The van der Waals surface area contributed by atoms with Gasteiger partial charge in [-0.05, 0) is 19.8 Å². The predicted octanol–water partition coefficient (Wildman–Crippen LogP) is -0.409. The lowest BCUT2D eigenvalue weighted by Crippen LogP contribution is -2.34. The van der Waals surface area contributed by atoms with Gasteiger partial charge in [0.25, 0.3) is 0 Å². The molecule has 2 unspecified atom stereocenters. The summed E-state index contributed by atoms with van der Waals surface area (Å²) in [5, 5.41) is 14.5. The van der Waals surface area contributed by atoms with Gasteiger partial charge in [-0.3, -0.25) is 5.32 Å². The van der Waals surface area contributed by atoms with Crippen molar-refractivity contribution in [2.45, 2.75) is 44.7 Å². The lowest BCUT2D eigenvalue weighted by molar-refractivity contribution is -0.107. The van der Waals surface area contributed by atoms with Crippen LogP contribution in [0.3, 0.4) is 0 Å². The first-order chi connectivity index (χ1) is 7.70. The van der Waals surface area contributed by atoms with E-state index in [9.17, 15) is 4.79 Å². The molecule has 0 amide bonds. The molecule has 0 aliphatic heterocycles. The Kier molecular flexibility index (Phi) is 10.7. The van der Waals surface area contributed by atoms with E-state index in [2.05, 4.69) is 17.6 Å². The van der Waals surface area contributed by atoms with Crippen molar-refractivity contribution in [1.82, 2.24) is 10.6 Å². The lowest BCUT2D eigenvalue weighted by atomic mass is 10.1. The monoisotopic (exact) mass is 231 g/mol. The van der Waals surface area contributed by atoms with Crippen LogP contribution < -0.4 is 16.4 Å². The second kappa shape index (κ2) is 11.0. The lowest BCUT2D eigenvalue weighted by Gasteiger charge is -2.13. The summed E-state index contributed by atoms with van der Waals surface area (Å²) >= 11 is 0. The SMILES string of the molecule is CC(CCCCC(N)CNCO)NCC=O. The molecule has 2 atom stereocenters. The van der Waals surface area contributed by atoms with E-state index in [4.69, 9.17) is 10.8 Å². The zero-order valence-corrected chi connectivity index (χ0v) is 10.1. The van der Waals surface area contributed by atoms with Crippen molar-refractivity contribution in [2.75, 3.05) is 19.8 Å². The smallest absolute Gasteiger partial charge is 0.133 e. The first-order valence-corrected chi connectivity index (χ1v) is 5.94. The summed E-state index contributed by atoms with van der Waals surface area (Å²) in [4.78, 5) is 10.1. The van der Waals surface area contributed by atoms with Crippen LogP contribution >= 0.6 is 0 Å². The molecule has 5 nitrogen and oxygen atoms in total. The Balaban J connectivity index is 3.27. The molecule has 0 fully saturated rings. The van der Waals surface area contributed by atoms with Crippen molar-refractivity contribution < 1.29 is 9.90 Å². The molecule has 0 aliphatic rings. The van der Waals surface area contributed by atoms with Gasteiger partial charge in [-0.2, -0.15) is 0 Å². The Bertz CT molecular complexity index is 167. The number of rotatable bonds is 11. The number of nitrogens with two attached hydrogens (primary N) is 1. The number of nitrogens with one attached hydrogen (secondary N) is 2. The minimum atomic E-state index is -0.0135. The van der Waals surface area contributed by atoms with Gasteiger partial charge in [-0.1, -0.05) is 12.8 Å². The molecule has 0 spiro atoms. The standard InChI is InChI=1S/C11H25N3O2/c1-10(14-6-7-15)4-2-3-5-11(12)8-13-9-16/h7,10-11,13-14,16H,2-6,8-9,12H2,1H3. The number of carbonyl (C=O) groups is 1. The van der Waals surface area contributed by atoms with Crippen LogP contribution in [0, 0.1) is 0 Å². The van der Waals surface area contributed by atoms with Crippen LogP contribution in [0.15, 0.2) is 0 Å². The van der Waals surface area contributed by atoms with Crippen molar-refractivity contribution in [1.29, 1.82) is 0 Å². The first kappa shape index (κ1) is 15.5. The van der Waals surface area contributed by atoms with Crippen LogP contribution in [0.2, 0.25) is 0 Å². The Labute approximate surface area is 97.8 Å². The van der Waals surface area contributed by atoms with Gasteiger partial charge >= 0.3 is 0 Å². The van der Waals surface area contributed by atoms with Gasteiger partial charge < -0.3 is 21.0 Å². The van der Waals surface area contributed by atoms with E-state index < -0.39 is 0 Å². The van der Waals surface area contributed by atoms with E-state index >= 15 is 0 Å². The quantitative estimate of drug-likeness (QED) is 0.221. The zero-order valence-electron chi connectivity index (χ0n) is 10.1. The number of hydrogen-bond donors (Lipinski definition) is 4. The number of aliphatic hydroxyl groups is 1. The molecule has 0 saturated heterocycles. The summed E-state index contributed by atoms with van der Waals surface area (Å²) in [7, 11) is 0. The number of aliphatic hydroxyl groups excluding tert-OH is 1. The average molecular weight is 231 g/mol. The van der Waals surface area contributed by atoms with Crippen LogP contribution in [-0.2, 0) is 4.79 Å². The molecule has 5 N–H and O–H groups in total. The number of aldehydes is 1. The summed E-state index contributed by atoms with van der Waals surface area (Å²) in [6, 6.07) is 0.502. The van der Waals surface area contributed by atoms with Crippen molar-refractivity contribution in [3.63, 3.8) is 0 Å². The average Bonchev–Trinajstić information content (AvgIpc) is 2.29. The van der Waals surface area contributed by atoms with E-state index in [0.717, 1.165) is 32.0 Å². The maximum absolute atomic E-state index is 10.1. The second-order valence-electron chi connectivity index (χ2n) is 4.13. The molecular weight excluding hydrogens is 206 g/mol. The fraction of sp³-hybridized carbons (Fsp3) is 0.909. The third kappa shape index (κ3) is 10.0. The third-order valence-corrected chi connectivity index (χ3v) is 2.53. The maximum Gasteiger partial charge on any atom is 0.133 e. The highest BCUT2D eigenvalue weighted by Crippen LogP contribution is 2.04. The van der Waals surface area contributed by atoms with Gasteiger partial charge in [0.05, 0.1) is 13.3 Å². The van der Waals surface area contributed by atoms with E-state index in [0.29, 0.717) is 19.1 Å².